The smallest absolute Gasteiger partial charge is 0.416 e. The summed E-state index contributed by atoms with van der Waals surface area (Å²) >= 11 is 0. The Labute approximate surface area is 133 Å². The standard InChI is InChI=1S/C15H17N5O3/c1-19-14(4-7-18-19)20-10-12(23-15(20)22)9-17-13(21)8-11-2-5-16-6-3-11/h2-7,12H,8-10H2,1H3,(H,17,21). The number of hydrogen-bond donors (Lipinski definition) is 1. The molecule has 0 saturated carbocycles. The quantitative estimate of drug-likeness (QED) is 0.868. The molecule has 0 aromatic carbocycles. The topological polar surface area (TPSA) is 89.3 Å². The van der Waals surface area contributed by atoms with Crippen molar-refractivity contribution in [2.75, 3.05) is 18.0 Å². The van der Waals surface area contributed by atoms with Crippen molar-refractivity contribution in [2.45, 2.75) is 12.5 Å². The summed E-state index contributed by atoms with van der Waals surface area (Å²) in [4.78, 5) is 29.2. The first-order chi connectivity index (χ1) is 11.1. The lowest BCUT2D eigenvalue weighted by Crippen LogP contribution is -2.35. The van der Waals surface area contributed by atoms with Gasteiger partial charge < -0.3 is 10.1 Å². The minimum Gasteiger partial charge on any atom is -0.442 e. The highest BCUT2D eigenvalue weighted by Gasteiger charge is 2.33. The van der Waals surface area contributed by atoms with Gasteiger partial charge in [-0.2, -0.15) is 5.10 Å². The summed E-state index contributed by atoms with van der Waals surface area (Å²) in [5, 5.41) is 6.82. The molecular weight excluding hydrogens is 298 g/mol. The highest BCUT2D eigenvalue weighted by molar-refractivity contribution is 5.88. The number of amides is 2. The van der Waals surface area contributed by atoms with Crippen LogP contribution in [-0.4, -0.2) is 46.0 Å². The molecule has 3 heterocycles. The molecule has 8 nitrogen and oxygen atoms in total. The van der Waals surface area contributed by atoms with Gasteiger partial charge in [0.1, 0.15) is 11.9 Å². The minimum absolute atomic E-state index is 0.119. The van der Waals surface area contributed by atoms with E-state index < -0.39 is 6.09 Å². The number of pyridine rings is 1. The number of hydrogen-bond acceptors (Lipinski definition) is 5. The Kier molecular flexibility index (Phi) is 4.22. The van der Waals surface area contributed by atoms with Crippen molar-refractivity contribution in [3.63, 3.8) is 0 Å². The van der Waals surface area contributed by atoms with Crippen LogP contribution in [0.15, 0.2) is 36.8 Å². The molecule has 1 saturated heterocycles. The normalized spacial score (nSPS) is 17.2. The molecule has 1 aliphatic heterocycles. The van der Waals surface area contributed by atoms with Gasteiger partial charge in [0.05, 0.1) is 25.7 Å². The molecule has 2 amide bonds. The Morgan fingerprint density at radius 3 is 2.83 bits per heavy atom. The number of aromatic nitrogens is 3. The van der Waals surface area contributed by atoms with Crippen LogP contribution in [-0.2, 0) is 23.0 Å². The van der Waals surface area contributed by atoms with Crippen molar-refractivity contribution in [3.8, 4) is 0 Å². The number of cyclic esters (lactones) is 1. The van der Waals surface area contributed by atoms with Gasteiger partial charge in [0, 0.05) is 25.5 Å². The zero-order chi connectivity index (χ0) is 16.2. The van der Waals surface area contributed by atoms with E-state index in [0.717, 1.165) is 5.56 Å². The lowest BCUT2D eigenvalue weighted by molar-refractivity contribution is -0.120. The maximum absolute atomic E-state index is 11.9. The molecule has 0 spiro atoms. The summed E-state index contributed by atoms with van der Waals surface area (Å²) in [6.07, 6.45) is 4.38. The Morgan fingerprint density at radius 2 is 2.13 bits per heavy atom. The molecule has 0 radical (unpaired) electrons. The van der Waals surface area contributed by atoms with Crippen LogP contribution in [0.3, 0.4) is 0 Å². The van der Waals surface area contributed by atoms with Crippen LogP contribution in [0.25, 0.3) is 0 Å². The highest BCUT2D eigenvalue weighted by atomic mass is 16.6. The second kappa shape index (κ2) is 6.47. The van der Waals surface area contributed by atoms with Gasteiger partial charge in [-0.3, -0.25) is 19.4 Å². The second-order valence-corrected chi connectivity index (χ2v) is 5.27. The molecule has 2 aromatic heterocycles. The van der Waals surface area contributed by atoms with Gasteiger partial charge in [-0.05, 0) is 17.7 Å². The van der Waals surface area contributed by atoms with Gasteiger partial charge in [-0.15, -0.1) is 0 Å². The van der Waals surface area contributed by atoms with E-state index in [4.69, 9.17) is 4.74 Å². The second-order valence-electron chi connectivity index (χ2n) is 5.27. The maximum atomic E-state index is 11.9. The fraction of sp³-hybridized carbons (Fsp3) is 0.333. The van der Waals surface area contributed by atoms with Crippen molar-refractivity contribution in [3.05, 3.63) is 42.4 Å². The molecule has 2 aromatic rings. The van der Waals surface area contributed by atoms with Crippen LogP contribution < -0.4 is 10.2 Å². The lowest BCUT2D eigenvalue weighted by atomic mass is 10.2. The molecule has 1 N–H and O–H groups in total. The summed E-state index contributed by atoms with van der Waals surface area (Å²) in [6, 6.07) is 5.32. The third kappa shape index (κ3) is 3.47. The van der Waals surface area contributed by atoms with E-state index in [1.54, 1.807) is 48.5 Å². The van der Waals surface area contributed by atoms with Gasteiger partial charge in [0.15, 0.2) is 0 Å². The summed E-state index contributed by atoms with van der Waals surface area (Å²) in [7, 11) is 1.76. The van der Waals surface area contributed by atoms with Gasteiger partial charge in [-0.1, -0.05) is 0 Å². The SMILES string of the molecule is Cn1nccc1N1CC(CNC(=O)Cc2ccncc2)OC1=O. The number of ether oxygens (including phenoxy) is 1. The summed E-state index contributed by atoms with van der Waals surface area (Å²) < 4.78 is 6.88. The molecule has 120 valence electrons. The van der Waals surface area contributed by atoms with E-state index in [9.17, 15) is 9.59 Å². The van der Waals surface area contributed by atoms with E-state index in [0.29, 0.717) is 12.4 Å². The molecular formula is C15H17N5O3. The molecule has 0 aliphatic carbocycles. The number of nitrogens with zero attached hydrogens (tertiary/aromatic N) is 4. The number of aryl methyl sites for hydroxylation is 1. The van der Waals surface area contributed by atoms with E-state index in [1.165, 1.54) is 4.90 Å². The van der Waals surface area contributed by atoms with E-state index >= 15 is 0 Å². The fourth-order valence-electron chi connectivity index (χ4n) is 2.42. The fourth-order valence-corrected chi connectivity index (χ4v) is 2.42. The van der Waals surface area contributed by atoms with Crippen LogP contribution in [0.2, 0.25) is 0 Å². The minimum atomic E-state index is -0.429. The Balaban J connectivity index is 1.51. The summed E-state index contributed by atoms with van der Waals surface area (Å²) in [5.74, 6) is 0.548. The lowest BCUT2D eigenvalue weighted by Gasteiger charge is -2.12. The Bertz CT molecular complexity index is 700. The van der Waals surface area contributed by atoms with Gasteiger partial charge in [-0.25, -0.2) is 4.79 Å². The van der Waals surface area contributed by atoms with Crippen molar-refractivity contribution >= 4 is 17.8 Å². The third-order valence-corrected chi connectivity index (χ3v) is 3.59. The van der Waals surface area contributed by atoms with Crippen molar-refractivity contribution in [1.82, 2.24) is 20.1 Å². The van der Waals surface area contributed by atoms with Crippen molar-refractivity contribution < 1.29 is 14.3 Å². The highest BCUT2D eigenvalue weighted by Crippen LogP contribution is 2.20. The van der Waals surface area contributed by atoms with E-state index in [-0.39, 0.29) is 25.0 Å². The average Bonchev–Trinajstić information content (AvgIpc) is 3.11. The van der Waals surface area contributed by atoms with E-state index in [1.807, 2.05) is 0 Å². The summed E-state index contributed by atoms with van der Waals surface area (Å²) in [5.41, 5.74) is 0.887. The van der Waals surface area contributed by atoms with Crippen LogP contribution in [0.4, 0.5) is 10.6 Å². The number of nitrogens with one attached hydrogen (secondary N) is 1. The zero-order valence-electron chi connectivity index (χ0n) is 12.7. The van der Waals surface area contributed by atoms with E-state index in [2.05, 4.69) is 15.4 Å². The van der Waals surface area contributed by atoms with Crippen molar-refractivity contribution in [1.29, 1.82) is 0 Å². The summed E-state index contributed by atoms with van der Waals surface area (Å²) in [6.45, 7) is 0.665. The van der Waals surface area contributed by atoms with Crippen molar-refractivity contribution in [2.24, 2.45) is 7.05 Å². The Morgan fingerprint density at radius 1 is 1.35 bits per heavy atom. The number of rotatable bonds is 5. The molecule has 23 heavy (non-hydrogen) atoms. The predicted molar refractivity (Wildman–Crippen MR) is 81.8 cm³/mol. The molecule has 3 rings (SSSR count). The number of carbonyl (C=O) groups excluding carboxylic acids is 2. The first-order valence-electron chi connectivity index (χ1n) is 7.25. The van der Waals surface area contributed by atoms with Gasteiger partial charge in [0.25, 0.3) is 0 Å². The largest absolute Gasteiger partial charge is 0.442 e. The number of anilines is 1. The van der Waals surface area contributed by atoms with Crippen LogP contribution in [0, 0.1) is 0 Å². The zero-order valence-corrected chi connectivity index (χ0v) is 12.7. The van der Waals surface area contributed by atoms with Gasteiger partial charge >= 0.3 is 6.09 Å². The average molecular weight is 315 g/mol. The molecule has 1 aliphatic rings. The molecule has 8 heteroatoms. The molecule has 1 unspecified atom stereocenters. The third-order valence-electron chi connectivity index (χ3n) is 3.59. The Hall–Kier alpha value is -2.90. The van der Waals surface area contributed by atoms with Crippen LogP contribution in [0.5, 0.6) is 0 Å². The van der Waals surface area contributed by atoms with Crippen LogP contribution >= 0.6 is 0 Å². The molecule has 1 atom stereocenters. The first-order valence-corrected chi connectivity index (χ1v) is 7.25. The van der Waals surface area contributed by atoms with Gasteiger partial charge in [0.2, 0.25) is 5.91 Å². The predicted octanol–water partition coefficient (Wildman–Crippen LogP) is 0.499. The van der Waals surface area contributed by atoms with Crippen LogP contribution in [0.1, 0.15) is 5.56 Å². The molecule has 1 fully saturated rings. The monoisotopic (exact) mass is 315 g/mol. The molecule has 0 bridgehead atoms. The first kappa shape index (κ1) is 15.0. The number of carbonyl (C=O) groups is 2. The maximum Gasteiger partial charge on any atom is 0.416 e.